The first-order chi connectivity index (χ1) is 22.2. The summed E-state index contributed by atoms with van der Waals surface area (Å²) in [7, 11) is 0. The second kappa shape index (κ2) is 15.2. The molecule has 45 heavy (non-hydrogen) atoms. The Morgan fingerprint density at radius 2 is 1.13 bits per heavy atom. The summed E-state index contributed by atoms with van der Waals surface area (Å²) in [5.41, 5.74) is 5.18. The van der Waals surface area contributed by atoms with Gasteiger partial charge in [-0.1, -0.05) is 103 Å². The van der Waals surface area contributed by atoms with Gasteiger partial charge in [0.2, 0.25) is 0 Å². The predicted molar refractivity (Wildman–Crippen MR) is 178 cm³/mol. The van der Waals surface area contributed by atoms with Crippen LogP contribution >= 0.6 is 0 Å². The van der Waals surface area contributed by atoms with Gasteiger partial charge >= 0.3 is 0 Å². The van der Waals surface area contributed by atoms with Crippen LogP contribution in [0.2, 0.25) is 0 Å². The van der Waals surface area contributed by atoms with Crippen LogP contribution in [0.1, 0.15) is 51.9 Å². The highest BCUT2D eigenvalue weighted by Crippen LogP contribution is 2.32. The molecule has 5 aromatic carbocycles. The molecule has 6 rings (SSSR count). The molecule has 0 bridgehead atoms. The second-order valence-corrected chi connectivity index (χ2v) is 11.5. The van der Waals surface area contributed by atoms with E-state index >= 15 is 0 Å². The van der Waals surface area contributed by atoms with Crippen molar-refractivity contribution in [2.45, 2.75) is 57.6 Å². The molecule has 1 fully saturated rings. The first kappa shape index (κ1) is 30.2. The predicted octanol–water partition coefficient (Wildman–Crippen LogP) is 8.36. The van der Waals surface area contributed by atoms with Gasteiger partial charge in [0.1, 0.15) is 25.6 Å². The van der Waals surface area contributed by atoms with Crippen molar-refractivity contribution < 1.29 is 19.0 Å². The molecule has 0 aromatic heterocycles. The lowest BCUT2D eigenvalue weighted by Crippen LogP contribution is -2.35. The third-order valence-electron chi connectivity index (χ3n) is 8.21. The van der Waals surface area contributed by atoms with Gasteiger partial charge in [0.05, 0.1) is 6.04 Å². The van der Waals surface area contributed by atoms with Crippen molar-refractivity contribution in [2.24, 2.45) is 0 Å². The van der Waals surface area contributed by atoms with Crippen molar-refractivity contribution in [3.8, 4) is 17.2 Å². The summed E-state index contributed by atoms with van der Waals surface area (Å²) in [4.78, 5) is 13.6. The zero-order chi connectivity index (χ0) is 30.7. The second-order valence-electron chi connectivity index (χ2n) is 11.5. The molecule has 228 valence electrons. The lowest BCUT2D eigenvalue weighted by molar-refractivity contribution is 0.0949. The fraction of sp³-hybridized carbons (Fsp3) is 0.225. The van der Waals surface area contributed by atoms with E-state index in [0.29, 0.717) is 42.9 Å². The fourth-order valence-corrected chi connectivity index (χ4v) is 5.65. The number of ketones is 1. The summed E-state index contributed by atoms with van der Waals surface area (Å²) in [6.45, 7) is 1.38. The van der Waals surface area contributed by atoms with Crippen LogP contribution in [-0.4, -0.2) is 17.9 Å². The van der Waals surface area contributed by atoms with Gasteiger partial charge in [0, 0.05) is 11.6 Å². The normalized spacial score (nSPS) is 15.8. The number of carbonyl (C=O) groups excluding carboxylic acids is 1. The standard InChI is InChI=1S/C40H39NO4/c42-40(37-24-21-35(41-37)20-16-30-17-22-36(23-18-30)43-27-31-10-4-1-5-11-31)34-19-25-38(44-28-32-12-6-2-7-13-32)39(26-34)45-29-33-14-8-3-9-15-33/h1-15,17-19,22-23,25-26,35,37,41H,16,20-21,24,27-29H2/t35-,37-/m1/s1. The van der Waals surface area contributed by atoms with E-state index in [2.05, 4.69) is 29.6 Å². The molecule has 1 saturated heterocycles. The number of nitrogens with one attached hydrogen (secondary N) is 1. The highest BCUT2D eigenvalue weighted by atomic mass is 16.5. The largest absolute Gasteiger partial charge is 0.489 e. The molecule has 0 radical (unpaired) electrons. The van der Waals surface area contributed by atoms with Gasteiger partial charge in [-0.25, -0.2) is 0 Å². The molecule has 0 aliphatic carbocycles. The zero-order valence-corrected chi connectivity index (χ0v) is 25.4. The van der Waals surface area contributed by atoms with E-state index in [1.807, 2.05) is 109 Å². The van der Waals surface area contributed by atoms with E-state index < -0.39 is 0 Å². The molecular formula is C40H39NO4. The Hall–Kier alpha value is -4.87. The van der Waals surface area contributed by atoms with E-state index in [4.69, 9.17) is 14.2 Å². The average Bonchev–Trinajstić information content (AvgIpc) is 3.59. The Morgan fingerprint density at radius 3 is 1.73 bits per heavy atom. The van der Waals surface area contributed by atoms with E-state index in [0.717, 1.165) is 48.1 Å². The fourth-order valence-electron chi connectivity index (χ4n) is 5.65. The lowest BCUT2D eigenvalue weighted by Gasteiger charge is -2.17. The van der Waals surface area contributed by atoms with Crippen LogP contribution in [0.3, 0.4) is 0 Å². The van der Waals surface area contributed by atoms with Crippen LogP contribution in [0.15, 0.2) is 133 Å². The molecule has 0 spiro atoms. The molecule has 0 unspecified atom stereocenters. The summed E-state index contributed by atoms with van der Waals surface area (Å²) in [5.74, 6) is 2.17. The maximum Gasteiger partial charge on any atom is 0.179 e. The molecule has 2 atom stereocenters. The third-order valence-corrected chi connectivity index (χ3v) is 8.21. The van der Waals surface area contributed by atoms with Crippen molar-refractivity contribution >= 4 is 5.78 Å². The summed E-state index contributed by atoms with van der Waals surface area (Å²) in [6.07, 6.45) is 3.72. The number of hydrogen-bond acceptors (Lipinski definition) is 5. The van der Waals surface area contributed by atoms with Gasteiger partial charge in [-0.05, 0) is 78.3 Å². The van der Waals surface area contributed by atoms with Crippen LogP contribution in [0.5, 0.6) is 17.2 Å². The SMILES string of the molecule is O=C(c1ccc(OCc2ccccc2)c(OCc2ccccc2)c1)[C@H]1CC[C@@H](CCc2ccc(OCc3ccccc3)cc2)N1. The quantitative estimate of drug-likeness (QED) is 0.130. The molecule has 5 aromatic rings. The molecule has 5 nitrogen and oxygen atoms in total. The number of ether oxygens (including phenoxy) is 3. The summed E-state index contributed by atoms with van der Waals surface area (Å²) in [5, 5.41) is 3.60. The van der Waals surface area contributed by atoms with Crippen molar-refractivity contribution in [3.63, 3.8) is 0 Å². The average molecular weight is 598 g/mol. The first-order valence-electron chi connectivity index (χ1n) is 15.7. The number of Topliss-reactive ketones (excluding diaryl/α,β-unsaturated/α-hetero) is 1. The van der Waals surface area contributed by atoms with Gasteiger partial charge in [0.25, 0.3) is 0 Å². The van der Waals surface area contributed by atoms with E-state index in [9.17, 15) is 4.79 Å². The Balaban J connectivity index is 1.04. The van der Waals surface area contributed by atoms with Crippen molar-refractivity contribution in [1.29, 1.82) is 0 Å². The van der Waals surface area contributed by atoms with Crippen molar-refractivity contribution in [2.75, 3.05) is 0 Å². The lowest BCUT2D eigenvalue weighted by atomic mass is 10.0. The minimum absolute atomic E-state index is 0.0941. The van der Waals surface area contributed by atoms with E-state index in [1.165, 1.54) is 5.56 Å². The van der Waals surface area contributed by atoms with Crippen molar-refractivity contribution in [1.82, 2.24) is 5.32 Å². The highest BCUT2D eigenvalue weighted by Gasteiger charge is 2.30. The maximum atomic E-state index is 13.6. The van der Waals surface area contributed by atoms with E-state index in [1.54, 1.807) is 0 Å². The minimum Gasteiger partial charge on any atom is -0.489 e. The molecule has 0 amide bonds. The highest BCUT2D eigenvalue weighted by molar-refractivity contribution is 6.00. The van der Waals surface area contributed by atoms with E-state index in [-0.39, 0.29) is 11.8 Å². The number of rotatable bonds is 14. The molecule has 5 heteroatoms. The van der Waals surface area contributed by atoms with Crippen LogP contribution < -0.4 is 19.5 Å². The number of hydrogen-bond donors (Lipinski definition) is 1. The zero-order valence-electron chi connectivity index (χ0n) is 25.4. The number of benzene rings is 5. The topological polar surface area (TPSA) is 56.8 Å². The van der Waals surface area contributed by atoms with Gasteiger partial charge in [-0.2, -0.15) is 0 Å². The molecule has 1 aliphatic heterocycles. The van der Waals surface area contributed by atoms with Crippen LogP contribution in [0, 0.1) is 0 Å². The van der Waals surface area contributed by atoms with Crippen LogP contribution in [0.25, 0.3) is 0 Å². The Labute approximate surface area is 265 Å². The van der Waals surface area contributed by atoms with Crippen molar-refractivity contribution in [3.05, 3.63) is 161 Å². The maximum absolute atomic E-state index is 13.6. The Morgan fingerprint density at radius 1 is 0.578 bits per heavy atom. The number of carbonyl (C=O) groups is 1. The summed E-state index contributed by atoms with van der Waals surface area (Å²) in [6, 6.07) is 44.2. The van der Waals surface area contributed by atoms with Gasteiger partial charge < -0.3 is 19.5 Å². The Bertz CT molecular complexity index is 1640. The Kier molecular flexibility index (Phi) is 10.2. The minimum atomic E-state index is -0.207. The molecule has 1 heterocycles. The van der Waals surface area contributed by atoms with Gasteiger partial charge in [-0.15, -0.1) is 0 Å². The molecule has 1 N–H and O–H groups in total. The summed E-state index contributed by atoms with van der Waals surface area (Å²) >= 11 is 0. The monoisotopic (exact) mass is 597 g/mol. The van der Waals surface area contributed by atoms with Gasteiger partial charge in [-0.3, -0.25) is 4.79 Å². The van der Waals surface area contributed by atoms with Crippen LogP contribution in [-0.2, 0) is 26.2 Å². The molecule has 0 saturated carbocycles. The first-order valence-corrected chi connectivity index (χ1v) is 15.7. The van der Waals surface area contributed by atoms with Gasteiger partial charge in [0.15, 0.2) is 17.3 Å². The number of aryl methyl sites for hydroxylation is 1. The summed E-state index contributed by atoms with van der Waals surface area (Å²) < 4.78 is 18.3. The van der Waals surface area contributed by atoms with Crippen LogP contribution in [0.4, 0.5) is 0 Å². The molecular weight excluding hydrogens is 558 g/mol. The third kappa shape index (κ3) is 8.62. The molecule has 1 aliphatic rings. The smallest absolute Gasteiger partial charge is 0.179 e.